The van der Waals surface area contributed by atoms with E-state index < -0.39 is 5.54 Å². The second kappa shape index (κ2) is 4.49. The van der Waals surface area contributed by atoms with Crippen molar-refractivity contribution in [2.45, 2.75) is 38.8 Å². The number of hydrogen-bond acceptors (Lipinski definition) is 3. The fourth-order valence-corrected chi connectivity index (χ4v) is 1.32. The minimum atomic E-state index is -0.479. The molecule has 3 N–H and O–H groups in total. The van der Waals surface area contributed by atoms with Crippen LogP contribution in [0.5, 0.6) is 0 Å². The highest BCUT2D eigenvalue weighted by Crippen LogP contribution is 2.13. The number of nitrogens with two attached hydrogens (primary N) is 1. The molecule has 0 fully saturated rings. The van der Waals surface area contributed by atoms with Crippen molar-refractivity contribution < 1.29 is 9.21 Å². The highest BCUT2D eigenvalue weighted by atomic mass is 16.3. The molecule has 4 nitrogen and oxygen atoms in total. The Morgan fingerprint density at radius 3 is 2.80 bits per heavy atom. The van der Waals surface area contributed by atoms with Gasteiger partial charge in [-0.2, -0.15) is 0 Å². The topological polar surface area (TPSA) is 68.3 Å². The van der Waals surface area contributed by atoms with Gasteiger partial charge in [0, 0.05) is 12.0 Å². The molecule has 1 amide bonds. The molecule has 1 aromatic rings. The standard InChI is InChI=1S/C11H18N2O2/c1-8(9-5-4-6-15-9)13-10(14)7-11(2,3)12/h4-6,8H,7,12H2,1-3H3,(H,13,14). The lowest BCUT2D eigenvalue weighted by Gasteiger charge is -2.19. The summed E-state index contributed by atoms with van der Waals surface area (Å²) in [4.78, 5) is 11.5. The van der Waals surface area contributed by atoms with Gasteiger partial charge in [0.05, 0.1) is 12.3 Å². The summed E-state index contributed by atoms with van der Waals surface area (Å²) in [6.07, 6.45) is 1.89. The number of carbonyl (C=O) groups is 1. The molecule has 0 bridgehead atoms. The van der Waals surface area contributed by atoms with Gasteiger partial charge in [-0.3, -0.25) is 4.79 Å². The van der Waals surface area contributed by atoms with Gasteiger partial charge in [0.1, 0.15) is 5.76 Å². The van der Waals surface area contributed by atoms with Gasteiger partial charge < -0.3 is 15.5 Å². The summed E-state index contributed by atoms with van der Waals surface area (Å²) in [5.74, 6) is 0.685. The molecule has 4 heteroatoms. The number of hydrogen-bond donors (Lipinski definition) is 2. The molecule has 0 spiro atoms. The molecular weight excluding hydrogens is 192 g/mol. The number of carbonyl (C=O) groups excluding carboxylic acids is 1. The van der Waals surface area contributed by atoms with E-state index in [1.54, 1.807) is 12.3 Å². The summed E-state index contributed by atoms with van der Waals surface area (Å²) in [5, 5.41) is 2.83. The molecule has 0 aliphatic carbocycles. The highest BCUT2D eigenvalue weighted by Gasteiger charge is 2.18. The van der Waals surface area contributed by atoms with Crippen molar-refractivity contribution in [3.63, 3.8) is 0 Å². The van der Waals surface area contributed by atoms with Gasteiger partial charge >= 0.3 is 0 Å². The highest BCUT2D eigenvalue weighted by molar-refractivity contribution is 5.77. The van der Waals surface area contributed by atoms with Gasteiger partial charge in [-0.05, 0) is 32.9 Å². The molecule has 1 heterocycles. The molecule has 0 saturated heterocycles. The lowest BCUT2D eigenvalue weighted by molar-refractivity contribution is -0.122. The second-order valence-electron chi connectivity index (χ2n) is 4.47. The molecule has 1 atom stereocenters. The van der Waals surface area contributed by atoms with Crippen molar-refractivity contribution in [2.75, 3.05) is 0 Å². The van der Waals surface area contributed by atoms with Gasteiger partial charge in [0.15, 0.2) is 0 Å². The van der Waals surface area contributed by atoms with E-state index in [2.05, 4.69) is 5.32 Å². The fourth-order valence-electron chi connectivity index (χ4n) is 1.32. The second-order valence-corrected chi connectivity index (χ2v) is 4.47. The van der Waals surface area contributed by atoms with E-state index >= 15 is 0 Å². The van der Waals surface area contributed by atoms with E-state index in [9.17, 15) is 4.79 Å². The molecule has 1 unspecified atom stereocenters. The third kappa shape index (κ3) is 4.16. The summed E-state index contributed by atoms with van der Waals surface area (Å²) >= 11 is 0. The molecule has 0 aliphatic heterocycles. The Morgan fingerprint density at radius 1 is 1.67 bits per heavy atom. The minimum Gasteiger partial charge on any atom is -0.467 e. The minimum absolute atomic E-state index is 0.0635. The van der Waals surface area contributed by atoms with Crippen LogP contribution in [0.2, 0.25) is 0 Å². The van der Waals surface area contributed by atoms with Gasteiger partial charge in [-0.25, -0.2) is 0 Å². The number of amides is 1. The Morgan fingerprint density at radius 2 is 2.33 bits per heavy atom. The maximum atomic E-state index is 11.5. The molecule has 0 radical (unpaired) electrons. The summed E-state index contributed by atoms with van der Waals surface area (Å²) in [6, 6.07) is 3.51. The predicted octanol–water partition coefficient (Wildman–Crippen LogP) is 1.58. The quantitative estimate of drug-likeness (QED) is 0.792. The van der Waals surface area contributed by atoms with Crippen molar-refractivity contribution in [1.82, 2.24) is 5.32 Å². The average Bonchev–Trinajstić information content (AvgIpc) is 2.50. The van der Waals surface area contributed by atoms with Crippen LogP contribution in [0, 0.1) is 0 Å². The molecule has 84 valence electrons. The van der Waals surface area contributed by atoms with Crippen LogP contribution in [0.4, 0.5) is 0 Å². The summed E-state index contributed by atoms with van der Waals surface area (Å²) in [7, 11) is 0. The van der Waals surface area contributed by atoms with Crippen molar-refractivity contribution in [2.24, 2.45) is 5.73 Å². The van der Waals surface area contributed by atoms with Crippen molar-refractivity contribution >= 4 is 5.91 Å². The van der Waals surface area contributed by atoms with E-state index in [0.29, 0.717) is 6.42 Å². The SMILES string of the molecule is CC(NC(=O)CC(C)(C)N)c1ccco1. The Bertz CT molecular complexity index is 312. The Labute approximate surface area is 89.8 Å². The average molecular weight is 210 g/mol. The zero-order chi connectivity index (χ0) is 11.5. The normalized spacial score (nSPS) is 13.6. The first-order chi connectivity index (χ1) is 6.88. The van der Waals surface area contributed by atoms with E-state index in [1.807, 2.05) is 26.8 Å². The summed E-state index contributed by atoms with van der Waals surface area (Å²) in [6.45, 7) is 5.52. The van der Waals surface area contributed by atoms with Crippen LogP contribution in [0.3, 0.4) is 0 Å². The van der Waals surface area contributed by atoms with Gasteiger partial charge in [0.25, 0.3) is 0 Å². The first kappa shape index (κ1) is 11.8. The largest absolute Gasteiger partial charge is 0.467 e. The lowest BCUT2D eigenvalue weighted by atomic mass is 10.0. The van der Waals surface area contributed by atoms with Gasteiger partial charge in [-0.15, -0.1) is 0 Å². The fraction of sp³-hybridized carbons (Fsp3) is 0.545. The van der Waals surface area contributed by atoms with E-state index in [4.69, 9.17) is 10.2 Å². The van der Waals surface area contributed by atoms with Crippen LogP contribution >= 0.6 is 0 Å². The molecule has 15 heavy (non-hydrogen) atoms. The Hall–Kier alpha value is -1.29. The molecule has 1 rings (SSSR count). The first-order valence-electron chi connectivity index (χ1n) is 5.00. The van der Waals surface area contributed by atoms with Crippen molar-refractivity contribution in [1.29, 1.82) is 0 Å². The number of rotatable bonds is 4. The van der Waals surface area contributed by atoms with E-state index in [-0.39, 0.29) is 11.9 Å². The lowest BCUT2D eigenvalue weighted by Crippen LogP contribution is -2.39. The van der Waals surface area contributed by atoms with Crippen LogP contribution in [-0.4, -0.2) is 11.4 Å². The van der Waals surface area contributed by atoms with Crippen LogP contribution in [-0.2, 0) is 4.79 Å². The summed E-state index contributed by atoms with van der Waals surface area (Å²) in [5.41, 5.74) is 5.27. The van der Waals surface area contributed by atoms with Crippen LogP contribution in [0.25, 0.3) is 0 Å². The predicted molar refractivity (Wildman–Crippen MR) is 58.1 cm³/mol. The maximum absolute atomic E-state index is 11.5. The van der Waals surface area contributed by atoms with Crippen LogP contribution < -0.4 is 11.1 Å². The Balaban J connectivity index is 2.45. The molecular formula is C11H18N2O2. The van der Waals surface area contributed by atoms with Gasteiger partial charge in [0.2, 0.25) is 5.91 Å². The Kier molecular flexibility index (Phi) is 3.52. The van der Waals surface area contributed by atoms with Gasteiger partial charge in [-0.1, -0.05) is 0 Å². The monoisotopic (exact) mass is 210 g/mol. The van der Waals surface area contributed by atoms with E-state index in [0.717, 1.165) is 5.76 Å². The van der Waals surface area contributed by atoms with Crippen LogP contribution in [0.1, 0.15) is 39.0 Å². The van der Waals surface area contributed by atoms with Crippen LogP contribution in [0.15, 0.2) is 22.8 Å². The number of nitrogens with one attached hydrogen (secondary N) is 1. The smallest absolute Gasteiger partial charge is 0.222 e. The first-order valence-corrected chi connectivity index (χ1v) is 5.00. The maximum Gasteiger partial charge on any atom is 0.222 e. The van der Waals surface area contributed by atoms with Crippen molar-refractivity contribution in [3.05, 3.63) is 24.2 Å². The molecule has 0 saturated carbocycles. The number of furan rings is 1. The molecule has 0 aliphatic rings. The zero-order valence-electron chi connectivity index (χ0n) is 9.41. The molecule has 0 aromatic carbocycles. The summed E-state index contributed by atoms with van der Waals surface area (Å²) < 4.78 is 5.18. The van der Waals surface area contributed by atoms with Crippen molar-refractivity contribution in [3.8, 4) is 0 Å². The third-order valence-electron chi connectivity index (χ3n) is 1.96. The third-order valence-corrected chi connectivity index (χ3v) is 1.96. The zero-order valence-corrected chi connectivity index (χ0v) is 9.41. The van der Waals surface area contributed by atoms with E-state index in [1.165, 1.54) is 0 Å². The molecule has 1 aromatic heterocycles.